The van der Waals surface area contributed by atoms with Crippen molar-refractivity contribution in [2.75, 3.05) is 11.4 Å². The highest BCUT2D eigenvalue weighted by Crippen LogP contribution is 2.26. The lowest BCUT2D eigenvalue weighted by atomic mass is 10.0. The Morgan fingerprint density at radius 2 is 2.21 bits per heavy atom. The Labute approximate surface area is 141 Å². The summed E-state index contributed by atoms with van der Waals surface area (Å²) in [5.41, 5.74) is 2.50. The van der Waals surface area contributed by atoms with Gasteiger partial charge in [-0.2, -0.15) is 0 Å². The van der Waals surface area contributed by atoms with Gasteiger partial charge in [-0.15, -0.1) is 0 Å². The molecule has 1 fully saturated rings. The van der Waals surface area contributed by atoms with Crippen LogP contribution in [0.4, 0.5) is 5.95 Å². The van der Waals surface area contributed by atoms with Gasteiger partial charge in [-0.1, -0.05) is 6.07 Å². The van der Waals surface area contributed by atoms with Crippen LogP contribution < -0.4 is 4.90 Å². The van der Waals surface area contributed by atoms with Gasteiger partial charge in [-0.3, -0.25) is 9.78 Å². The summed E-state index contributed by atoms with van der Waals surface area (Å²) in [5.74, 6) is 0.768. The smallest absolute Gasteiger partial charge is 0.258 e. The Morgan fingerprint density at radius 3 is 3.00 bits per heavy atom. The molecule has 24 heavy (non-hydrogen) atoms. The van der Waals surface area contributed by atoms with Crippen LogP contribution in [0.1, 0.15) is 47.8 Å². The van der Waals surface area contributed by atoms with Gasteiger partial charge in [0.25, 0.3) is 5.91 Å². The molecule has 4 heterocycles. The summed E-state index contributed by atoms with van der Waals surface area (Å²) in [6, 6.07) is 4.33. The Kier molecular flexibility index (Phi) is 3.88. The number of carbonyl (C=O) groups is 1. The number of hydrogen-bond donors (Lipinski definition) is 0. The van der Waals surface area contributed by atoms with E-state index in [-0.39, 0.29) is 5.91 Å². The number of fused-ring (bicyclic) bond motifs is 1. The van der Waals surface area contributed by atoms with E-state index in [1.807, 2.05) is 12.1 Å². The van der Waals surface area contributed by atoms with Crippen molar-refractivity contribution < 1.29 is 4.79 Å². The maximum atomic E-state index is 12.6. The summed E-state index contributed by atoms with van der Waals surface area (Å²) in [6.45, 7) is 4.31. The van der Waals surface area contributed by atoms with Crippen LogP contribution in [-0.2, 0) is 13.1 Å². The molecule has 124 valence electrons. The second-order valence-electron chi connectivity index (χ2n) is 6.59. The van der Waals surface area contributed by atoms with E-state index in [0.29, 0.717) is 24.7 Å². The summed E-state index contributed by atoms with van der Waals surface area (Å²) < 4.78 is 0. The fraction of sp³-hybridized carbons (Fsp3) is 0.444. The zero-order valence-corrected chi connectivity index (χ0v) is 13.9. The standard InChI is InChI=1S/C18H21N5O/c1-13-5-2-3-8-23(13)18-20-10-15-16(21-18)12-22(17(15)24)11-14-6-4-7-19-9-14/h4,6-7,9-10,13H,2-3,5,8,11-12H2,1H3. The zero-order chi connectivity index (χ0) is 16.5. The Hall–Kier alpha value is -2.50. The molecule has 2 aliphatic rings. The lowest BCUT2D eigenvalue weighted by molar-refractivity contribution is 0.0766. The van der Waals surface area contributed by atoms with Crippen molar-refractivity contribution in [1.29, 1.82) is 0 Å². The van der Waals surface area contributed by atoms with E-state index in [1.54, 1.807) is 23.5 Å². The second kappa shape index (κ2) is 6.19. The normalized spacial score (nSPS) is 20.4. The molecule has 0 N–H and O–H groups in total. The average molecular weight is 323 g/mol. The quantitative estimate of drug-likeness (QED) is 0.868. The van der Waals surface area contributed by atoms with Gasteiger partial charge in [-0.05, 0) is 37.8 Å². The lowest BCUT2D eigenvalue weighted by Crippen LogP contribution is -2.38. The molecule has 2 aliphatic heterocycles. The molecule has 2 aromatic rings. The Balaban J connectivity index is 1.55. The van der Waals surface area contributed by atoms with E-state index in [0.717, 1.165) is 23.8 Å². The molecule has 1 atom stereocenters. The molecule has 6 heteroatoms. The highest BCUT2D eigenvalue weighted by atomic mass is 16.2. The van der Waals surface area contributed by atoms with E-state index in [1.165, 1.54) is 19.3 Å². The van der Waals surface area contributed by atoms with Gasteiger partial charge in [0.2, 0.25) is 5.95 Å². The molecule has 0 radical (unpaired) electrons. The van der Waals surface area contributed by atoms with E-state index in [9.17, 15) is 4.79 Å². The van der Waals surface area contributed by atoms with E-state index >= 15 is 0 Å². The van der Waals surface area contributed by atoms with Gasteiger partial charge in [0, 0.05) is 37.7 Å². The van der Waals surface area contributed by atoms with Crippen LogP contribution in [0.5, 0.6) is 0 Å². The number of pyridine rings is 1. The average Bonchev–Trinajstić information content (AvgIpc) is 2.91. The molecule has 0 aliphatic carbocycles. The van der Waals surface area contributed by atoms with E-state index in [2.05, 4.69) is 21.8 Å². The van der Waals surface area contributed by atoms with Crippen molar-refractivity contribution in [3.63, 3.8) is 0 Å². The maximum absolute atomic E-state index is 12.6. The number of carbonyl (C=O) groups excluding carboxylic acids is 1. The minimum absolute atomic E-state index is 0.00657. The number of nitrogens with zero attached hydrogens (tertiary/aromatic N) is 5. The summed E-state index contributed by atoms with van der Waals surface area (Å²) in [6.07, 6.45) is 8.85. The van der Waals surface area contributed by atoms with Crippen LogP contribution in [0.15, 0.2) is 30.7 Å². The van der Waals surface area contributed by atoms with E-state index < -0.39 is 0 Å². The highest BCUT2D eigenvalue weighted by Gasteiger charge is 2.31. The minimum Gasteiger partial charge on any atom is -0.338 e. The van der Waals surface area contributed by atoms with Crippen LogP contribution >= 0.6 is 0 Å². The number of anilines is 1. The van der Waals surface area contributed by atoms with Crippen LogP contribution in [0.25, 0.3) is 0 Å². The van der Waals surface area contributed by atoms with Crippen molar-refractivity contribution in [3.05, 3.63) is 47.5 Å². The summed E-state index contributed by atoms with van der Waals surface area (Å²) >= 11 is 0. The van der Waals surface area contributed by atoms with Crippen LogP contribution in [-0.4, -0.2) is 38.3 Å². The molecule has 1 unspecified atom stereocenters. The molecule has 0 aromatic carbocycles. The van der Waals surface area contributed by atoms with Gasteiger partial charge in [0.05, 0.1) is 17.8 Å². The first-order valence-electron chi connectivity index (χ1n) is 8.53. The third-order valence-corrected chi connectivity index (χ3v) is 4.87. The fourth-order valence-electron chi connectivity index (χ4n) is 3.50. The lowest BCUT2D eigenvalue weighted by Gasteiger charge is -2.33. The van der Waals surface area contributed by atoms with Crippen LogP contribution in [0.3, 0.4) is 0 Å². The second-order valence-corrected chi connectivity index (χ2v) is 6.59. The van der Waals surface area contributed by atoms with Crippen LogP contribution in [0, 0.1) is 0 Å². The number of hydrogen-bond acceptors (Lipinski definition) is 5. The summed E-state index contributed by atoms with van der Waals surface area (Å²) in [4.78, 5) is 29.9. The Bertz CT molecular complexity index is 748. The molecule has 0 saturated carbocycles. The molecular weight excluding hydrogens is 302 g/mol. The summed E-state index contributed by atoms with van der Waals surface area (Å²) in [5, 5.41) is 0. The first-order chi connectivity index (χ1) is 11.7. The molecule has 6 nitrogen and oxygen atoms in total. The predicted octanol–water partition coefficient (Wildman–Crippen LogP) is 2.41. The Morgan fingerprint density at radius 1 is 1.29 bits per heavy atom. The van der Waals surface area contributed by atoms with Crippen molar-refractivity contribution >= 4 is 11.9 Å². The van der Waals surface area contributed by atoms with Gasteiger partial charge in [0.15, 0.2) is 0 Å². The largest absolute Gasteiger partial charge is 0.338 e. The number of aromatic nitrogens is 3. The van der Waals surface area contributed by atoms with Crippen molar-refractivity contribution in [2.24, 2.45) is 0 Å². The SMILES string of the molecule is CC1CCCCN1c1ncc2c(n1)CN(Cc1cccnc1)C2=O. The van der Waals surface area contributed by atoms with Crippen LogP contribution in [0.2, 0.25) is 0 Å². The first-order valence-corrected chi connectivity index (χ1v) is 8.53. The fourth-order valence-corrected chi connectivity index (χ4v) is 3.50. The van der Waals surface area contributed by atoms with Gasteiger partial charge < -0.3 is 9.80 Å². The molecule has 0 spiro atoms. The molecule has 4 rings (SSSR count). The van der Waals surface area contributed by atoms with Crippen molar-refractivity contribution in [2.45, 2.75) is 45.3 Å². The number of rotatable bonds is 3. The van der Waals surface area contributed by atoms with Gasteiger partial charge in [0.1, 0.15) is 0 Å². The van der Waals surface area contributed by atoms with Crippen molar-refractivity contribution in [3.8, 4) is 0 Å². The van der Waals surface area contributed by atoms with Gasteiger partial charge >= 0.3 is 0 Å². The topological polar surface area (TPSA) is 62.2 Å². The zero-order valence-electron chi connectivity index (χ0n) is 13.9. The molecule has 1 saturated heterocycles. The molecule has 2 aromatic heterocycles. The molecule has 1 amide bonds. The number of piperidine rings is 1. The van der Waals surface area contributed by atoms with Gasteiger partial charge in [-0.25, -0.2) is 9.97 Å². The molecule has 0 bridgehead atoms. The highest BCUT2D eigenvalue weighted by molar-refractivity contribution is 5.97. The maximum Gasteiger partial charge on any atom is 0.258 e. The monoisotopic (exact) mass is 323 g/mol. The predicted molar refractivity (Wildman–Crippen MR) is 90.5 cm³/mol. The van der Waals surface area contributed by atoms with Crippen molar-refractivity contribution in [1.82, 2.24) is 19.9 Å². The first kappa shape index (κ1) is 15.1. The number of amides is 1. The minimum atomic E-state index is 0.00657. The third kappa shape index (κ3) is 2.72. The van der Waals surface area contributed by atoms with E-state index in [4.69, 9.17) is 4.98 Å². The molecular formula is C18H21N5O. The summed E-state index contributed by atoms with van der Waals surface area (Å²) in [7, 11) is 0. The third-order valence-electron chi connectivity index (χ3n) is 4.87.